The molecule has 1 unspecified atom stereocenters. The molecule has 0 aliphatic heterocycles. The molecule has 0 aliphatic carbocycles. The molecule has 174 valence electrons. The van der Waals surface area contributed by atoms with Crippen LogP contribution in [0.4, 0.5) is 10.1 Å². The van der Waals surface area contributed by atoms with Gasteiger partial charge >= 0.3 is 5.97 Å². The van der Waals surface area contributed by atoms with Gasteiger partial charge in [0, 0.05) is 0 Å². The van der Waals surface area contributed by atoms with Gasteiger partial charge in [0.25, 0.3) is 5.91 Å². The minimum absolute atomic E-state index is 0.0160. The Hall–Kier alpha value is -3.21. The van der Waals surface area contributed by atoms with Gasteiger partial charge in [-0.15, -0.1) is 0 Å². The predicted octanol–water partition coefficient (Wildman–Crippen LogP) is 4.04. The molecule has 8 nitrogen and oxygen atoms in total. The highest BCUT2D eigenvalue weighted by Gasteiger charge is 2.23. The Morgan fingerprint density at radius 2 is 1.94 bits per heavy atom. The van der Waals surface area contributed by atoms with Crippen LogP contribution < -0.4 is 10.0 Å². The van der Waals surface area contributed by atoms with E-state index in [2.05, 4.69) is 10.0 Å². The molecule has 1 amide bonds. The van der Waals surface area contributed by atoms with Crippen molar-refractivity contribution in [2.24, 2.45) is 0 Å². The standard InChI is InChI=1S/C22H20ClFN2O6S/c1-13-5-7-17(33(29,30)25-12-16-4-3-9-31-16)11-18(13)22(28)32-14(2)21(27)26-20-8-6-15(24)10-19(20)23/h3-11,14,25H,12H2,1-2H3,(H,26,27). The van der Waals surface area contributed by atoms with Gasteiger partial charge in [-0.1, -0.05) is 17.7 Å². The molecule has 0 saturated carbocycles. The van der Waals surface area contributed by atoms with Crippen LogP contribution in [-0.2, 0) is 26.1 Å². The number of hydrogen-bond acceptors (Lipinski definition) is 6. The van der Waals surface area contributed by atoms with Crippen molar-refractivity contribution in [3.05, 3.63) is 82.5 Å². The van der Waals surface area contributed by atoms with Crippen LogP contribution >= 0.6 is 11.6 Å². The van der Waals surface area contributed by atoms with E-state index >= 15 is 0 Å². The van der Waals surface area contributed by atoms with E-state index in [4.69, 9.17) is 20.8 Å². The zero-order valence-corrected chi connectivity index (χ0v) is 19.2. The smallest absolute Gasteiger partial charge is 0.339 e. The lowest BCUT2D eigenvalue weighted by Gasteiger charge is -2.15. The first-order chi connectivity index (χ1) is 15.6. The van der Waals surface area contributed by atoms with Gasteiger partial charge in [-0.05, 0) is 61.9 Å². The third-order valence-corrected chi connectivity index (χ3v) is 6.31. The number of furan rings is 1. The van der Waals surface area contributed by atoms with Crippen molar-refractivity contribution in [3.8, 4) is 0 Å². The lowest BCUT2D eigenvalue weighted by molar-refractivity contribution is -0.123. The van der Waals surface area contributed by atoms with E-state index in [1.165, 1.54) is 37.5 Å². The van der Waals surface area contributed by atoms with Gasteiger partial charge in [0.1, 0.15) is 11.6 Å². The summed E-state index contributed by atoms with van der Waals surface area (Å²) in [7, 11) is -3.95. The van der Waals surface area contributed by atoms with Gasteiger partial charge < -0.3 is 14.5 Å². The number of rotatable bonds is 8. The first kappa shape index (κ1) is 24.4. The maximum absolute atomic E-state index is 13.2. The van der Waals surface area contributed by atoms with Gasteiger partial charge in [0.2, 0.25) is 10.0 Å². The molecule has 2 N–H and O–H groups in total. The van der Waals surface area contributed by atoms with Crippen LogP contribution in [0.3, 0.4) is 0 Å². The number of aryl methyl sites for hydroxylation is 1. The molecular formula is C22H20ClFN2O6S. The second-order valence-corrected chi connectivity index (χ2v) is 9.22. The number of benzene rings is 2. The zero-order chi connectivity index (χ0) is 24.2. The van der Waals surface area contributed by atoms with Crippen molar-refractivity contribution in [3.63, 3.8) is 0 Å². The van der Waals surface area contributed by atoms with Crippen LogP contribution in [0.15, 0.2) is 64.1 Å². The van der Waals surface area contributed by atoms with E-state index < -0.39 is 33.8 Å². The second kappa shape index (κ2) is 10.2. The highest BCUT2D eigenvalue weighted by Crippen LogP contribution is 2.23. The molecule has 1 heterocycles. The minimum atomic E-state index is -3.95. The molecule has 0 radical (unpaired) electrons. The van der Waals surface area contributed by atoms with E-state index in [0.717, 1.165) is 12.1 Å². The third kappa shape index (κ3) is 6.19. The second-order valence-electron chi connectivity index (χ2n) is 7.04. The lowest BCUT2D eigenvalue weighted by Crippen LogP contribution is -2.30. The van der Waals surface area contributed by atoms with Crippen LogP contribution in [0.25, 0.3) is 0 Å². The SMILES string of the molecule is Cc1ccc(S(=O)(=O)NCc2ccco2)cc1C(=O)OC(C)C(=O)Nc1ccc(F)cc1Cl. The Morgan fingerprint density at radius 1 is 1.18 bits per heavy atom. The summed E-state index contributed by atoms with van der Waals surface area (Å²) in [5.41, 5.74) is 0.590. The maximum atomic E-state index is 13.2. The average Bonchev–Trinajstić information content (AvgIpc) is 3.28. The molecule has 3 rings (SSSR count). The Bertz CT molecular complexity index is 1280. The van der Waals surface area contributed by atoms with E-state index in [9.17, 15) is 22.4 Å². The van der Waals surface area contributed by atoms with Crippen molar-refractivity contribution < 1.29 is 31.6 Å². The Kier molecular flexibility index (Phi) is 7.52. The predicted molar refractivity (Wildman–Crippen MR) is 119 cm³/mol. The fourth-order valence-corrected chi connectivity index (χ4v) is 3.99. The summed E-state index contributed by atoms with van der Waals surface area (Å²) in [5, 5.41) is 2.43. The van der Waals surface area contributed by atoms with Crippen LogP contribution in [0.5, 0.6) is 0 Å². The molecule has 11 heteroatoms. The zero-order valence-electron chi connectivity index (χ0n) is 17.6. The van der Waals surface area contributed by atoms with Gasteiger partial charge in [0.15, 0.2) is 6.10 Å². The molecule has 3 aromatic rings. The minimum Gasteiger partial charge on any atom is -0.468 e. The number of nitrogens with one attached hydrogen (secondary N) is 2. The number of hydrogen-bond donors (Lipinski definition) is 2. The largest absolute Gasteiger partial charge is 0.468 e. The molecule has 0 spiro atoms. The first-order valence-electron chi connectivity index (χ1n) is 9.66. The number of esters is 1. The molecule has 0 aliphatic rings. The van der Waals surface area contributed by atoms with Gasteiger partial charge in [-0.2, -0.15) is 0 Å². The number of halogens is 2. The Labute approximate surface area is 194 Å². The van der Waals surface area contributed by atoms with Crippen molar-refractivity contribution in [1.29, 1.82) is 0 Å². The van der Waals surface area contributed by atoms with E-state index in [-0.39, 0.29) is 27.7 Å². The van der Waals surface area contributed by atoms with E-state index in [1.54, 1.807) is 19.1 Å². The third-order valence-electron chi connectivity index (χ3n) is 4.60. The van der Waals surface area contributed by atoms with Crippen molar-refractivity contribution in [2.75, 3.05) is 5.32 Å². The molecule has 1 aromatic heterocycles. The fourth-order valence-electron chi connectivity index (χ4n) is 2.75. The van der Waals surface area contributed by atoms with Crippen LogP contribution in [-0.4, -0.2) is 26.4 Å². The highest BCUT2D eigenvalue weighted by atomic mass is 35.5. The summed E-state index contributed by atoms with van der Waals surface area (Å²) in [6, 6.07) is 10.7. The summed E-state index contributed by atoms with van der Waals surface area (Å²) in [5.74, 6) is -1.73. The van der Waals surface area contributed by atoms with E-state index in [0.29, 0.717) is 11.3 Å². The highest BCUT2D eigenvalue weighted by molar-refractivity contribution is 7.89. The summed E-state index contributed by atoms with van der Waals surface area (Å²) in [6.07, 6.45) is 0.181. The van der Waals surface area contributed by atoms with Gasteiger partial charge in [0.05, 0.1) is 34.0 Å². The maximum Gasteiger partial charge on any atom is 0.339 e. The number of anilines is 1. The topological polar surface area (TPSA) is 115 Å². The molecule has 0 saturated heterocycles. The summed E-state index contributed by atoms with van der Waals surface area (Å²) in [4.78, 5) is 24.9. The number of carbonyl (C=O) groups excluding carboxylic acids is 2. The number of amides is 1. The molecule has 0 fully saturated rings. The lowest BCUT2D eigenvalue weighted by atomic mass is 10.1. The first-order valence-corrected chi connectivity index (χ1v) is 11.5. The quantitative estimate of drug-likeness (QED) is 0.457. The summed E-state index contributed by atoms with van der Waals surface area (Å²) in [6.45, 7) is 2.88. The van der Waals surface area contributed by atoms with Crippen LogP contribution in [0.2, 0.25) is 5.02 Å². The number of sulfonamides is 1. The van der Waals surface area contributed by atoms with Crippen molar-refractivity contribution >= 4 is 39.2 Å². The Balaban J connectivity index is 1.70. The van der Waals surface area contributed by atoms with Crippen molar-refractivity contribution in [1.82, 2.24) is 4.72 Å². The van der Waals surface area contributed by atoms with E-state index in [1.807, 2.05) is 0 Å². The summed E-state index contributed by atoms with van der Waals surface area (Å²) >= 11 is 5.89. The molecule has 33 heavy (non-hydrogen) atoms. The normalized spacial score (nSPS) is 12.2. The molecular weight excluding hydrogens is 475 g/mol. The van der Waals surface area contributed by atoms with Gasteiger partial charge in [-0.25, -0.2) is 22.3 Å². The van der Waals surface area contributed by atoms with Crippen LogP contribution in [0, 0.1) is 12.7 Å². The van der Waals surface area contributed by atoms with Crippen molar-refractivity contribution in [2.45, 2.75) is 31.4 Å². The number of ether oxygens (including phenoxy) is 1. The fraction of sp³-hybridized carbons (Fsp3) is 0.182. The van der Waals surface area contributed by atoms with Crippen LogP contribution in [0.1, 0.15) is 28.6 Å². The Morgan fingerprint density at radius 3 is 2.61 bits per heavy atom. The monoisotopic (exact) mass is 494 g/mol. The number of carbonyl (C=O) groups is 2. The molecule has 2 aromatic carbocycles. The van der Waals surface area contributed by atoms with Gasteiger partial charge in [-0.3, -0.25) is 4.79 Å². The molecule has 0 bridgehead atoms. The average molecular weight is 495 g/mol. The molecule has 1 atom stereocenters. The summed E-state index contributed by atoms with van der Waals surface area (Å²) < 4.78 is 51.0.